The van der Waals surface area contributed by atoms with Gasteiger partial charge in [0.05, 0.1) is 7.11 Å². The summed E-state index contributed by atoms with van der Waals surface area (Å²) in [6, 6.07) is 2.31. The molecule has 23 heavy (non-hydrogen) atoms. The summed E-state index contributed by atoms with van der Waals surface area (Å²) >= 11 is 0. The molecule has 0 saturated heterocycles. The van der Waals surface area contributed by atoms with Gasteiger partial charge in [-0.25, -0.2) is 9.37 Å². The number of hydrogen-bond donors (Lipinski definition) is 0. The van der Waals surface area contributed by atoms with Crippen LogP contribution in [0.15, 0.2) is 29.5 Å². The van der Waals surface area contributed by atoms with E-state index in [-0.39, 0.29) is 18.0 Å². The lowest BCUT2D eigenvalue weighted by atomic mass is 9.86. The van der Waals surface area contributed by atoms with Crippen LogP contribution >= 0.6 is 0 Å². The lowest BCUT2D eigenvalue weighted by molar-refractivity contribution is -0.141. The van der Waals surface area contributed by atoms with Crippen LogP contribution in [0.4, 0.5) is 17.6 Å². The highest BCUT2D eigenvalue weighted by Gasteiger charge is 2.33. The van der Waals surface area contributed by atoms with Crippen molar-refractivity contribution in [1.82, 2.24) is 4.98 Å². The molecular formula is C17H19F4NO. The second kappa shape index (κ2) is 6.34. The average molecular weight is 329 g/mol. The molecular weight excluding hydrogens is 310 g/mol. The van der Waals surface area contributed by atoms with Gasteiger partial charge in [-0.3, -0.25) is 0 Å². The second-order valence-corrected chi connectivity index (χ2v) is 5.84. The van der Waals surface area contributed by atoms with Crippen molar-refractivity contribution in [2.75, 3.05) is 7.11 Å². The molecule has 1 aromatic heterocycles. The minimum absolute atomic E-state index is 0.00104. The van der Waals surface area contributed by atoms with Crippen molar-refractivity contribution in [3.63, 3.8) is 0 Å². The van der Waals surface area contributed by atoms with E-state index < -0.39 is 18.0 Å². The fourth-order valence-electron chi connectivity index (χ4n) is 2.68. The summed E-state index contributed by atoms with van der Waals surface area (Å²) < 4.78 is 57.7. The highest BCUT2D eigenvalue weighted by Crippen LogP contribution is 2.37. The summed E-state index contributed by atoms with van der Waals surface area (Å²) in [7, 11) is 1.43. The molecule has 0 amide bonds. The number of rotatable bonds is 3. The first-order valence-electron chi connectivity index (χ1n) is 7.33. The molecule has 1 unspecified atom stereocenters. The highest BCUT2D eigenvalue weighted by molar-refractivity contribution is 5.79. The van der Waals surface area contributed by atoms with Crippen LogP contribution in [0.1, 0.15) is 37.2 Å². The Kier molecular flexibility index (Phi) is 4.82. The topological polar surface area (TPSA) is 22.1 Å². The van der Waals surface area contributed by atoms with Crippen LogP contribution < -0.4 is 0 Å². The molecule has 2 nitrogen and oxygen atoms in total. The number of nitrogens with zero attached hydrogens (tertiary/aromatic N) is 1. The number of aryl methyl sites for hydroxylation is 1. The van der Waals surface area contributed by atoms with Crippen molar-refractivity contribution in [3.05, 3.63) is 46.5 Å². The Hall–Kier alpha value is -1.85. The summed E-state index contributed by atoms with van der Waals surface area (Å²) in [6.07, 6.45) is -3.88. The number of hydrogen-bond acceptors (Lipinski definition) is 2. The standard InChI is InChI=1S/C17H19F4NO/c1-9(2)12-7-13(15(23-4)8-14(12)18)11-5-6-16(17(19,20)21)22-10(11)3/h5-7,9,14H,8H2,1-4H3. The molecule has 1 atom stereocenters. The smallest absolute Gasteiger partial charge is 0.433 e. The molecule has 0 radical (unpaired) electrons. The lowest BCUT2D eigenvalue weighted by Gasteiger charge is -2.25. The van der Waals surface area contributed by atoms with Gasteiger partial charge in [-0.15, -0.1) is 0 Å². The molecule has 0 fully saturated rings. The van der Waals surface area contributed by atoms with E-state index in [9.17, 15) is 17.6 Å². The minimum atomic E-state index is -4.49. The van der Waals surface area contributed by atoms with Gasteiger partial charge in [0.25, 0.3) is 0 Å². The van der Waals surface area contributed by atoms with E-state index in [1.54, 1.807) is 6.08 Å². The summed E-state index contributed by atoms with van der Waals surface area (Å²) in [6.45, 7) is 5.27. The molecule has 0 spiro atoms. The molecule has 0 N–H and O–H groups in total. The number of aromatic nitrogens is 1. The SMILES string of the molecule is COC1=C(c2ccc(C(F)(F)F)nc2C)C=C(C(C)C)C(F)C1. The Morgan fingerprint density at radius 1 is 1.26 bits per heavy atom. The lowest BCUT2D eigenvalue weighted by Crippen LogP contribution is -2.17. The summed E-state index contributed by atoms with van der Waals surface area (Å²) in [4.78, 5) is 3.64. The van der Waals surface area contributed by atoms with Gasteiger partial charge in [0.2, 0.25) is 0 Å². The summed E-state index contributed by atoms with van der Waals surface area (Å²) in [5.74, 6) is 0.424. The van der Waals surface area contributed by atoms with Crippen molar-refractivity contribution in [1.29, 1.82) is 0 Å². The molecule has 2 rings (SSSR count). The van der Waals surface area contributed by atoms with E-state index in [1.165, 1.54) is 20.1 Å². The van der Waals surface area contributed by atoms with Crippen LogP contribution in [0, 0.1) is 12.8 Å². The molecule has 0 aromatic carbocycles. The van der Waals surface area contributed by atoms with E-state index in [0.717, 1.165) is 6.07 Å². The molecule has 1 aliphatic carbocycles. The average Bonchev–Trinajstić information content (AvgIpc) is 2.45. The molecule has 126 valence electrons. The highest BCUT2D eigenvalue weighted by atomic mass is 19.4. The van der Waals surface area contributed by atoms with Crippen LogP contribution in [0.5, 0.6) is 0 Å². The van der Waals surface area contributed by atoms with E-state index in [4.69, 9.17) is 4.74 Å². The van der Waals surface area contributed by atoms with Crippen molar-refractivity contribution in [2.45, 2.75) is 39.5 Å². The molecule has 1 aromatic rings. The first-order chi connectivity index (χ1) is 10.6. The normalized spacial score (nSPS) is 19.2. The van der Waals surface area contributed by atoms with Crippen LogP contribution in [-0.4, -0.2) is 18.3 Å². The van der Waals surface area contributed by atoms with Crippen LogP contribution in [0.2, 0.25) is 0 Å². The Balaban J connectivity index is 2.55. The van der Waals surface area contributed by atoms with Gasteiger partial charge >= 0.3 is 6.18 Å². The Bertz CT molecular complexity index is 659. The molecule has 1 heterocycles. The summed E-state index contributed by atoms with van der Waals surface area (Å²) in [5, 5.41) is 0. The monoisotopic (exact) mass is 329 g/mol. The number of allylic oxidation sites excluding steroid dienone is 4. The zero-order valence-corrected chi connectivity index (χ0v) is 13.5. The number of alkyl halides is 4. The molecule has 0 saturated carbocycles. The first kappa shape index (κ1) is 17.5. The number of pyridine rings is 1. The van der Waals surface area contributed by atoms with Gasteiger partial charge in [0.1, 0.15) is 17.6 Å². The van der Waals surface area contributed by atoms with Gasteiger partial charge in [0.15, 0.2) is 0 Å². The fraction of sp³-hybridized carbons (Fsp3) is 0.471. The van der Waals surface area contributed by atoms with Gasteiger partial charge < -0.3 is 4.74 Å². The van der Waals surface area contributed by atoms with Gasteiger partial charge in [-0.2, -0.15) is 13.2 Å². The van der Waals surface area contributed by atoms with Crippen LogP contribution in [-0.2, 0) is 10.9 Å². The van der Waals surface area contributed by atoms with Crippen LogP contribution in [0.3, 0.4) is 0 Å². The summed E-state index contributed by atoms with van der Waals surface area (Å²) in [5.41, 5.74) is 1.04. The van der Waals surface area contributed by atoms with Crippen molar-refractivity contribution >= 4 is 5.57 Å². The molecule has 1 aliphatic rings. The maximum atomic E-state index is 14.2. The largest absolute Gasteiger partial charge is 0.500 e. The van der Waals surface area contributed by atoms with Crippen molar-refractivity contribution in [2.24, 2.45) is 5.92 Å². The van der Waals surface area contributed by atoms with Crippen molar-refractivity contribution in [3.8, 4) is 0 Å². The number of ether oxygens (including phenoxy) is 1. The van der Waals surface area contributed by atoms with Gasteiger partial charge in [-0.05, 0) is 30.6 Å². The third kappa shape index (κ3) is 3.57. The maximum absolute atomic E-state index is 14.2. The Morgan fingerprint density at radius 3 is 2.39 bits per heavy atom. The van der Waals surface area contributed by atoms with Crippen LogP contribution in [0.25, 0.3) is 5.57 Å². The van der Waals surface area contributed by atoms with E-state index in [1.807, 2.05) is 13.8 Å². The van der Waals surface area contributed by atoms with Gasteiger partial charge in [0, 0.05) is 23.3 Å². The first-order valence-corrected chi connectivity index (χ1v) is 7.33. The second-order valence-electron chi connectivity index (χ2n) is 5.84. The zero-order valence-electron chi connectivity index (χ0n) is 13.5. The van der Waals surface area contributed by atoms with Crippen molar-refractivity contribution < 1.29 is 22.3 Å². The maximum Gasteiger partial charge on any atom is 0.433 e. The number of halogens is 4. The fourth-order valence-corrected chi connectivity index (χ4v) is 2.68. The molecule has 0 bridgehead atoms. The Labute approximate surface area is 132 Å². The quantitative estimate of drug-likeness (QED) is 0.721. The van der Waals surface area contributed by atoms with E-state index in [0.29, 0.717) is 22.5 Å². The predicted molar refractivity (Wildman–Crippen MR) is 80.3 cm³/mol. The Morgan fingerprint density at radius 2 is 1.91 bits per heavy atom. The minimum Gasteiger partial charge on any atom is -0.500 e. The zero-order chi connectivity index (χ0) is 17.4. The molecule has 6 heteroatoms. The third-order valence-electron chi connectivity index (χ3n) is 3.92. The van der Waals surface area contributed by atoms with E-state index in [2.05, 4.69) is 4.98 Å². The third-order valence-corrected chi connectivity index (χ3v) is 3.92. The van der Waals surface area contributed by atoms with Gasteiger partial charge in [-0.1, -0.05) is 19.9 Å². The number of methoxy groups -OCH3 is 1. The molecule has 0 aliphatic heterocycles. The van der Waals surface area contributed by atoms with E-state index >= 15 is 0 Å². The predicted octanol–water partition coefficient (Wildman–Crippen LogP) is 5.09.